The normalized spacial score (nSPS) is 11.0. The Morgan fingerprint density at radius 2 is 1.48 bits per heavy atom. The van der Waals surface area contributed by atoms with Crippen molar-refractivity contribution < 1.29 is 14.5 Å². The molecule has 0 unspecified atom stereocenters. The third-order valence-electron chi connectivity index (χ3n) is 3.29. The van der Waals surface area contributed by atoms with Crippen LogP contribution in [-0.2, 0) is 9.73 Å². The molecule has 2 aromatic carbocycles. The Kier molecular flexibility index (Phi) is 6.97. The molecule has 2 aromatic rings. The van der Waals surface area contributed by atoms with Gasteiger partial charge in [0.1, 0.15) is 0 Å². The van der Waals surface area contributed by atoms with Crippen LogP contribution in [0.25, 0.3) is 6.08 Å². The molecule has 0 aliphatic carbocycles. The van der Waals surface area contributed by atoms with Gasteiger partial charge in [0.25, 0.3) is 5.91 Å². The zero-order valence-electron chi connectivity index (χ0n) is 13.9. The minimum atomic E-state index is -0.655. The molecular formula is C16H16ClN7O3. The Hall–Kier alpha value is -3.31. The molecule has 0 saturated carbocycles. The molecule has 6 N–H and O–H groups in total. The second-order valence-corrected chi connectivity index (χ2v) is 5.49. The minimum absolute atomic E-state index is 0.393. The Labute approximate surface area is 159 Å². The van der Waals surface area contributed by atoms with Crippen molar-refractivity contribution in [1.29, 1.82) is 0 Å². The van der Waals surface area contributed by atoms with E-state index in [4.69, 9.17) is 23.3 Å². The highest BCUT2D eigenvalue weighted by Crippen LogP contribution is 2.19. The van der Waals surface area contributed by atoms with Crippen LogP contribution in [0.1, 0.15) is 5.56 Å². The van der Waals surface area contributed by atoms with E-state index in [2.05, 4.69) is 21.2 Å². The van der Waals surface area contributed by atoms with Crippen molar-refractivity contribution in [3.63, 3.8) is 0 Å². The predicted octanol–water partition coefficient (Wildman–Crippen LogP) is 2.32. The zero-order valence-corrected chi connectivity index (χ0v) is 14.7. The van der Waals surface area contributed by atoms with Crippen LogP contribution < -0.4 is 27.6 Å². The fourth-order valence-electron chi connectivity index (χ4n) is 1.95. The second kappa shape index (κ2) is 9.40. The molecule has 0 heterocycles. The van der Waals surface area contributed by atoms with Gasteiger partial charge in [-0.1, -0.05) is 28.8 Å². The van der Waals surface area contributed by atoms with E-state index in [9.17, 15) is 9.59 Å². The highest BCUT2D eigenvalue weighted by atomic mass is 35.5. The summed E-state index contributed by atoms with van der Waals surface area (Å²) in [4.78, 5) is 27.5. The summed E-state index contributed by atoms with van der Waals surface area (Å²) < 4.78 is 0. The van der Waals surface area contributed by atoms with Gasteiger partial charge < -0.3 is 0 Å². The molecule has 0 saturated heterocycles. The fourth-order valence-corrected chi connectivity index (χ4v) is 2.08. The summed E-state index contributed by atoms with van der Waals surface area (Å²) in [7, 11) is 0. The number of carbonyl (C=O) groups is 2. The van der Waals surface area contributed by atoms with E-state index in [0.717, 1.165) is 10.0 Å². The van der Waals surface area contributed by atoms with Crippen LogP contribution >= 0.6 is 11.6 Å². The van der Waals surface area contributed by atoms with Crippen molar-refractivity contribution in [2.75, 3.05) is 10.0 Å². The minimum Gasteiger partial charge on any atom is -0.282 e. The van der Waals surface area contributed by atoms with Gasteiger partial charge in [0.15, 0.2) is 0 Å². The topological polar surface area (TPSA) is 153 Å². The lowest BCUT2D eigenvalue weighted by molar-refractivity contribution is -0.114. The molecule has 0 bridgehead atoms. The van der Waals surface area contributed by atoms with Gasteiger partial charge in [0.2, 0.25) is 0 Å². The van der Waals surface area contributed by atoms with Crippen molar-refractivity contribution in [3.8, 4) is 0 Å². The van der Waals surface area contributed by atoms with Gasteiger partial charge in [-0.05, 0) is 48.0 Å². The molecule has 0 spiro atoms. The molecule has 0 radical (unpaired) electrons. The number of rotatable bonds is 5. The number of hydrogen-bond donors (Lipinski definition) is 3. The van der Waals surface area contributed by atoms with Gasteiger partial charge in [-0.15, -0.1) is 5.90 Å². The number of carbonyl (C=O) groups excluding carboxylic acids is 2. The number of hydrogen-bond acceptors (Lipinski definition) is 7. The molecule has 0 fully saturated rings. The van der Waals surface area contributed by atoms with Gasteiger partial charge >= 0.3 is 6.03 Å². The van der Waals surface area contributed by atoms with Gasteiger partial charge in [0, 0.05) is 11.1 Å². The summed E-state index contributed by atoms with van der Waals surface area (Å²) >= 11 is 5.81. The van der Waals surface area contributed by atoms with Crippen molar-refractivity contribution in [2.24, 2.45) is 28.0 Å². The molecule has 27 heavy (non-hydrogen) atoms. The van der Waals surface area contributed by atoms with Crippen LogP contribution in [0.3, 0.4) is 0 Å². The standard InChI is InChI=1S/C16H16ClN7O3/c17-12-4-8-14(9-5-12)24(19)16(26)23(18)13-6-1-11(2-7-13)3-10-15(25)21-22-27-20/h1-10H,18-20H2/b10-3+,22-21?. The molecule has 3 amide bonds. The van der Waals surface area contributed by atoms with E-state index in [-0.39, 0.29) is 0 Å². The van der Waals surface area contributed by atoms with Crippen LogP contribution in [0.15, 0.2) is 65.0 Å². The summed E-state index contributed by atoms with van der Waals surface area (Å²) in [6.45, 7) is 0. The van der Waals surface area contributed by atoms with Crippen molar-refractivity contribution in [3.05, 3.63) is 65.2 Å². The Balaban J connectivity index is 2.06. The number of nitrogens with two attached hydrogens (primary N) is 3. The first-order valence-electron chi connectivity index (χ1n) is 7.40. The average molecular weight is 390 g/mol. The van der Waals surface area contributed by atoms with E-state index in [0.29, 0.717) is 22.0 Å². The van der Waals surface area contributed by atoms with Crippen molar-refractivity contribution in [2.45, 2.75) is 0 Å². The van der Waals surface area contributed by atoms with E-state index in [1.165, 1.54) is 12.2 Å². The highest BCUT2D eigenvalue weighted by molar-refractivity contribution is 6.30. The molecular weight excluding hydrogens is 374 g/mol. The van der Waals surface area contributed by atoms with Crippen LogP contribution in [0.2, 0.25) is 5.02 Å². The molecule has 0 aromatic heterocycles. The van der Waals surface area contributed by atoms with Crippen LogP contribution in [0, 0.1) is 0 Å². The molecule has 140 valence electrons. The van der Waals surface area contributed by atoms with E-state index in [1.807, 2.05) is 0 Å². The second-order valence-electron chi connectivity index (χ2n) is 5.05. The first-order chi connectivity index (χ1) is 12.9. The maximum absolute atomic E-state index is 12.4. The fraction of sp³-hybridized carbons (Fsp3) is 0. The third-order valence-corrected chi connectivity index (χ3v) is 3.55. The smallest absolute Gasteiger partial charge is 0.282 e. The number of hydrazine groups is 2. The lowest BCUT2D eigenvalue weighted by Gasteiger charge is -2.24. The van der Waals surface area contributed by atoms with Crippen LogP contribution in [-0.4, -0.2) is 11.9 Å². The maximum atomic E-state index is 12.4. The largest absolute Gasteiger partial charge is 0.357 e. The lowest BCUT2D eigenvalue weighted by Crippen LogP contribution is -2.50. The third kappa shape index (κ3) is 5.59. The molecule has 0 aliphatic rings. The van der Waals surface area contributed by atoms with Gasteiger partial charge in [0.05, 0.1) is 16.7 Å². The summed E-state index contributed by atoms with van der Waals surface area (Å²) in [5.41, 5.74) is 1.48. The maximum Gasteiger partial charge on any atom is 0.357 e. The highest BCUT2D eigenvalue weighted by Gasteiger charge is 2.18. The molecule has 11 heteroatoms. The summed E-state index contributed by atoms with van der Waals surface area (Å²) in [6, 6.07) is 12.2. The van der Waals surface area contributed by atoms with Gasteiger partial charge in [-0.3, -0.25) is 9.73 Å². The Bertz CT molecular complexity index is 853. The number of halogens is 1. The van der Waals surface area contributed by atoms with Gasteiger partial charge in [-0.2, -0.15) is 0 Å². The van der Waals surface area contributed by atoms with E-state index < -0.39 is 11.9 Å². The molecule has 2 rings (SSSR count). The molecule has 0 aliphatic heterocycles. The quantitative estimate of drug-likeness (QED) is 0.234. The first-order valence-corrected chi connectivity index (χ1v) is 7.78. The number of anilines is 2. The van der Waals surface area contributed by atoms with Crippen molar-refractivity contribution >= 4 is 41.0 Å². The van der Waals surface area contributed by atoms with E-state index >= 15 is 0 Å². The monoisotopic (exact) mass is 389 g/mol. The van der Waals surface area contributed by atoms with Crippen LogP contribution in [0.4, 0.5) is 16.2 Å². The SMILES string of the molecule is NON=NC(=O)/C=C/c1ccc(N(N)C(=O)N(N)c2ccc(Cl)cc2)cc1. The Morgan fingerprint density at radius 1 is 0.963 bits per heavy atom. The van der Waals surface area contributed by atoms with Gasteiger partial charge in [-0.25, -0.2) is 26.5 Å². The summed E-state index contributed by atoms with van der Waals surface area (Å²) in [5, 5.41) is 8.34. The first kappa shape index (κ1) is 20.0. The predicted molar refractivity (Wildman–Crippen MR) is 101 cm³/mol. The zero-order chi connectivity index (χ0) is 19.8. The lowest BCUT2D eigenvalue weighted by atomic mass is 10.2. The number of amides is 3. The average Bonchev–Trinajstić information content (AvgIpc) is 2.70. The molecule has 0 atom stereocenters. The van der Waals surface area contributed by atoms with Crippen molar-refractivity contribution in [1.82, 2.24) is 0 Å². The summed E-state index contributed by atoms with van der Waals surface area (Å²) in [6.07, 6.45) is 2.67. The Morgan fingerprint density at radius 3 is 2.00 bits per heavy atom. The number of benzene rings is 2. The molecule has 10 nitrogen and oxygen atoms in total. The van der Waals surface area contributed by atoms with Crippen LogP contribution in [0.5, 0.6) is 0 Å². The summed E-state index contributed by atoms with van der Waals surface area (Å²) in [5.74, 6) is 15.6. The van der Waals surface area contributed by atoms with E-state index in [1.54, 1.807) is 48.5 Å². The number of urea groups is 1. The number of nitrogens with zero attached hydrogens (tertiary/aromatic N) is 4.